The third-order valence-corrected chi connectivity index (χ3v) is 7.66. The van der Waals surface area contributed by atoms with Crippen LogP contribution in [0.2, 0.25) is 0 Å². The van der Waals surface area contributed by atoms with E-state index in [4.69, 9.17) is 9.47 Å². The molecule has 1 heterocycles. The molecule has 0 unspecified atom stereocenters. The van der Waals surface area contributed by atoms with Crippen LogP contribution < -0.4 is 4.74 Å². The summed E-state index contributed by atoms with van der Waals surface area (Å²) in [6.45, 7) is -0.298. The summed E-state index contributed by atoms with van der Waals surface area (Å²) in [5.74, 6) is -0.282. The number of fused-ring (bicyclic) bond motifs is 5. The molecule has 3 aliphatic carbocycles. The molecule has 32 heavy (non-hydrogen) atoms. The first-order valence-electron chi connectivity index (χ1n) is 11.4. The molecular formula is C25H27NO6. The van der Waals surface area contributed by atoms with Crippen molar-refractivity contribution in [2.75, 3.05) is 13.7 Å². The van der Waals surface area contributed by atoms with Crippen LogP contribution in [0.15, 0.2) is 36.4 Å². The van der Waals surface area contributed by atoms with Crippen molar-refractivity contribution in [2.45, 2.75) is 38.1 Å². The lowest BCUT2D eigenvalue weighted by atomic mass is 9.85. The molecule has 0 aromatic heterocycles. The molecule has 5 rings (SSSR count). The van der Waals surface area contributed by atoms with Gasteiger partial charge in [-0.3, -0.25) is 24.1 Å². The Morgan fingerprint density at radius 1 is 0.938 bits per heavy atom. The van der Waals surface area contributed by atoms with Crippen molar-refractivity contribution >= 4 is 23.6 Å². The van der Waals surface area contributed by atoms with E-state index < -0.39 is 0 Å². The SMILES string of the molecule is COc1ccc(C(=O)COC(=O)C2CCC(N3C(=O)[C@H]4[C@H](C3=O)[C@H]3C=C[C@H]4C3)CC2)cc1. The molecule has 1 aliphatic heterocycles. The zero-order valence-electron chi connectivity index (χ0n) is 18.1. The van der Waals surface area contributed by atoms with Crippen LogP contribution >= 0.6 is 0 Å². The number of likely N-dealkylation sites (tertiary alicyclic amines) is 1. The zero-order valence-corrected chi connectivity index (χ0v) is 18.1. The highest BCUT2D eigenvalue weighted by molar-refractivity contribution is 6.06. The van der Waals surface area contributed by atoms with E-state index in [-0.39, 0.29) is 65.8 Å². The third kappa shape index (κ3) is 3.44. The highest BCUT2D eigenvalue weighted by Gasteiger charge is 2.60. The average Bonchev–Trinajstić information content (AvgIpc) is 3.51. The summed E-state index contributed by atoms with van der Waals surface area (Å²) in [4.78, 5) is 52.3. The summed E-state index contributed by atoms with van der Waals surface area (Å²) >= 11 is 0. The van der Waals surface area contributed by atoms with Crippen molar-refractivity contribution in [2.24, 2.45) is 29.6 Å². The maximum atomic E-state index is 13.0. The van der Waals surface area contributed by atoms with Crippen molar-refractivity contribution in [1.29, 1.82) is 0 Å². The minimum atomic E-state index is -0.386. The second-order valence-corrected chi connectivity index (χ2v) is 9.31. The second-order valence-electron chi connectivity index (χ2n) is 9.31. The molecule has 2 amide bonds. The van der Waals surface area contributed by atoms with Crippen LogP contribution in [0.1, 0.15) is 42.5 Å². The van der Waals surface area contributed by atoms with Crippen molar-refractivity contribution in [3.05, 3.63) is 42.0 Å². The molecule has 2 saturated carbocycles. The van der Waals surface area contributed by atoms with E-state index in [0.717, 1.165) is 6.42 Å². The number of esters is 1. The molecule has 7 heteroatoms. The van der Waals surface area contributed by atoms with Gasteiger partial charge in [-0.25, -0.2) is 0 Å². The molecule has 2 bridgehead atoms. The Labute approximate surface area is 186 Å². The number of ketones is 1. The van der Waals surface area contributed by atoms with Crippen LogP contribution in [-0.2, 0) is 19.1 Å². The summed E-state index contributed by atoms with van der Waals surface area (Å²) in [5, 5.41) is 0. The molecule has 4 atom stereocenters. The maximum Gasteiger partial charge on any atom is 0.309 e. The molecule has 0 N–H and O–H groups in total. The lowest BCUT2D eigenvalue weighted by Gasteiger charge is -2.33. The fourth-order valence-electron chi connectivity index (χ4n) is 5.97. The molecule has 1 aromatic rings. The van der Waals surface area contributed by atoms with Crippen LogP contribution in [0.3, 0.4) is 0 Å². The summed E-state index contributed by atoms with van der Waals surface area (Å²) < 4.78 is 10.4. The molecule has 168 valence electrons. The van der Waals surface area contributed by atoms with Gasteiger partial charge in [0.1, 0.15) is 5.75 Å². The van der Waals surface area contributed by atoms with Crippen molar-refractivity contribution in [3.8, 4) is 5.75 Å². The van der Waals surface area contributed by atoms with Gasteiger partial charge in [-0.05, 0) is 68.2 Å². The lowest BCUT2D eigenvalue weighted by molar-refractivity contribution is -0.149. The van der Waals surface area contributed by atoms with Gasteiger partial charge in [0, 0.05) is 11.6 Å². The number of benzene rings is 1. The minimum absolute atomic E-state index is 0.0204. The van der Waals surface area contributed by atoms with E-state index in [1.165, 1.54) is 4.90 Å². The van der Waals surface area contributed by atoms with E-state index in [1.54, 1.807) is 31.4 Å². The normalized spacial score (nSPS) is 32.8. The number of hydrogen-bond donors (Lipinski definition) is 0. The quantitative estimate of drug-likeness (QED) is 0.294. The fraction of sp³-hybridized carbons (Fsp3) is 0.520. The standard InChI is InChI=1S/C25H27NO6/c1-31-19-10-6-14(7-11-19)20(27)13-32-25(30)15-4-8-18(9-5-15)26-23(28)21-16-2-3-17(12-16)22(21)24(26)29/h2-3,6-7,10-11,15-18,21-22H,4-5,8-9,12-13H2,1H3/t15?,16-,17-,18?,21+,22+/m0/s1. The van der Waals surface area contributed by atoms with Gasteiger partial charge in [0.05, 0.1) is 24.9 Å². The Kier molecular flexibility index (Phi) is 5.35. The Bertz CT molecular complexity index is 945. The van der Waals surface area contributed by atoms with Crippen LogP contribution in [0, 0.1) is 29.6 Å². The number of allylic oxidation sites excluding steroid dienone is 2. The highest BCUT2D eigenvalue weighted by atomic mass is 16.5. The number of carbonyl (C=O) groups excluding carboxylic acids is 4. The Hall–Kier alpha value is -2.96. The van der Waals surface area contributed by atoms with Crippen molar-refractivity contribution < 1.29 is 28.7 Å². The van der Waals surface area contributed by atoms with Gasteiger partial charge >= 0.3 is 5.97 Å². The second kappa shape index (κ2) is 8.19. The molecule has 0 spiro atoms. The first-order chi connectivity index (χ1) is 15.5. The van der Waals surface area contributed by atoms with Crippen LogP contribution in [0.5, 0.6) is 5.75 Å². The highest BCUT2D eigenvalue weighted by Crippen LogP contribution is 2.53. The van der Waals surface area contributed by atoms with Gasteiger partial charge in [-0.15, -0.1) is 0 Å². The van der Waals surface area contributed by atoms with Gasteiger partial charge in [0.25, 0.3) is 0 Å². The van der Waals surface area contributed by atoms with Gasteiger partial charge < -0.3 is 9.47 Å². The molecule has 3 fully saturated rings. The fourth-order valence-corrected chi connectivity index (χ4v) is 5.97. The molecule has 7 nitrogen and oxygen atoms in total. The Morgan fingerprint density at radius 2 is 1.53 bits per heavy atom. The monoisotopic (exact) mass is 437 g/mol. The number of amides is 2. The zero-order chi connectivity index (χ0) is 22.4. The summed E-state index contributed by atoms with van der Waals surface area (Å²) in [6, 6.07) is 6.52. The average molecular weight is 437 g/mol. The van der Waals surface area contributed by atoms with E-state index in [1.807, 2.05) is 0 Å². The number of imide groups is 1. The molecule has 1 aromatic carbocycles. The third-order valence-electron chi connectivity index (χ3n) is 7.66. The van der Waals surface area contributed by atoms with Gasteiger partial charge in [-0.2, -0.15) is 0 Å². The topological polar surface area (TPSA) is 90.0 Å². The Morgan fingerprint density at radius 3 is 2.09 bits per heavy atom. The van der Waals surface area contributed by atoms with Crippen LogP contribution in [-0.4, -0.2) is 48.2 Å². The van der Waals surface area contributed by atoms with Crippen molar-refractivity contribution in [3.63, 3.8) is 0 Å². The Balaban J connectivity index is 1.12. The van der Waals surface area contributed by atoms with Crippen LogP contribution in [0.25, 0.3) is 0 Å². The largest absolute Gasteiger partial charge is 0.497 e. The number of rotatable bonds is 6. The summed E-state index contributed by atoms with van der Waals surface area (Å²) in [7, 11) is 1.55. The van der Waals surface area contributed by atoms with E-state index in [2.05, 4.69) is 12.2 Å². The van der Waals surface area contributed by atoms with E-state index in [9.17, 15) is 19.2 Å². The minimum Gasteiger partial charge on any atom is -0.497 e. The van der Waals surface area contributed by atoms with Gasteiger partial charge in [-0.1, -0.05) is 12.2 Å². The lowest BCUT2D eigenvalue weighted by Crippen LogP contribution is -2.44. The van der Waals surface area contributed by atoms with Crippen LogP contribution in [0.4, 0.5) is 0 Å². The smallest absolute Gasteiger partial charge is 0.309 e. The number of carbonyl (C=O) groups is 4. The predicted molar refractivity (Wildman–Crippen MR) is 114 cm³/mol. The summed E-state index contributed by atoms with van der Waals surface area (Å²) in [5.41, 5.74) is 0.461. The van der Waals surface area contributed by atoms with E-state index in [0.29, 0.717) is 37.0 Å². The number of ether oxygens (including phenoxy) is 2. The molecule has 4 aliphatic rings. The number of nitrogens with zero attached hydrogens (tertiary/aromatic N) is 1. The molecular weight excluding hydrogens is 410 g/mol. The maximum absolute atomic E-state index is 13.0. The number of Topliss-reactive ketones (excluding diaryl/α,β-unsaturated/α-hetero) is 1. The molecule has 1 saturated heterocycles. The number of hydrogen-bond acceptors (Lipinski definition) is 6. The molecule has 0 radical (unpaired) electrons. The van der Waals surface area contributed by atoms with Gasteiger partial charge in [0.15, 0.2) is 12.4 Å². The first kappa shape index (κ1) is 20.9. The van der Waals surface area contributed by atoms with E-state index >= 15 is 0 Å². The first-order valence-corrected chi connectivity index (χ1v) is 11.4. The van der Waals surface area contributed by atoms with Crippen molar-refractivity contribution in [1.82, 2.24) is 4.90 Å². The number of methoxy groups -OCH3 is 1. The predicted octanol–water partition coefficient (Wildman–Crippen LogP) is 2.79. The summed E-state index contributed by atoms with van der Waals surface area (Å²) in [6.07, 6.45) is 7.43. The van der Waals surface area contributed by atoms with Gasteiger partial charge in [0.2, 0.25) is 11.8 Å².